The van der Waals surface area contributed by atoms with Crippen molar-refractivity contribution in [2.45, 2.75) is 17.7 Å². The van der Waals surface area contributed by atoms with E-state index >= 15 is 0 Å². The molecule has 1 rings (SSSR count). The highest BCUT2D eigenvalue weighted by atomic mass is 32.2. The summed E-state index contributed by atoms with van der Waals surface area (Å²) < 4.78 is 13.2. The summed E-state index contributed by atoms with van der Waals surface area (Å²) in [7, 11) is 0. The van der Waals surface area contributed by atoms with Gasteiger partial charge in [-0.15, -0.1) is 11.8 Å². The number of amides is 1. The van der Waals surface area contributed by atoms with E-state index in [1.54, 1.807) is 6.26 Å². The van der Waals surface area contributed by atoms with Crippen LogP contribution in [0.1, 0.15) is 23.2 Å². The number of benzene rings is 1. The summed E-state index contributed by atoms with van der Waals surface area (Å²) in [4.78, 5) is 22.4. The first-order valence-electron chi connectivity index (χ1n) is 5.38. The lowest BCUT2D eigenvalue weighted by Crippen LogP contribution is -2.24. The van der Waals surface area contributed by atoms with Crippen molar-refractivity contribution >= 4 is 23.6 Å². The zero-order valence-corrected chi connectivity index (χ0v) is 10.7. The third kappa shape index (κ3) is 4.37. The fourth-order valence-corrected chi connectivity index (χ4v) is 1.85. The maximum atomic E-state index is 13.2. The molecule has 4 nitrogen and oxygen atoms in total. The number of hydrogen-bond donors (Lipinski definition) is 2. The molecule has 18 heavy (non-hydrogen) atoms. The largest absolute Gasteiger partial charge is 0.481 e. The Morgan fingerprint density at radius 2 is 2.17 bits per heavy atom. The van der Waals surface area contributed by atoms with Gasteiger partial charge in [-0.05, 0) is 30.9 Å². The van der Waals surface area contributed by atoms with Crippen molar-refractivity contribution < 1.29 is 19.1 Å². The van der Waals surface area contributed by atoms with Gasteiger partial charge in [0.25, 0.3) is 5.91 Å². The van der Waals surface area contributed by atoms with Crippen molar-refractivity contribution in [2.75, 3.05) is 12.8 Å². The van der Waals surface area contributed by atoms with Gasteiger partial charge in [-0.2, -0.15) is 0 Å². The maximum Gasteiger partial charge on any atom is 0.303 e. The molecule has 1 aromatic carbocycles. The maximum absolute atomic E-state index is 13.2. The predicted octanol–water partition coefficient (Wildman–Crippen LogP) is 2.14. The molecule has 0 heterocycles. The first-order valence-corrected chi connectivity index (χ1v) is 6.60. The van der Waals surface area contributed by atoms with E-state index in [0.29, 0.717) is 16.9 Å². The van der Waals surface area contributed by atoms with Crippen molar-refractivity contribution in [1.29, 1.82) is 0 Å². The van der Waals surface area contributed by atoms with Crippen LogP contribution in [-0.2, 0) is 4.79 Å². The minimum absolute atomic E-state index is 0.0137. The van der Waals surface area contributed by atoms with Crippen LogP contribution >= 0.6 is 11.8 Å². The van der Waals surface area contributed by atoms with Gasteiger partial charge in [-0.1, -0.05) is 0 Å². The predicted molar refractivity (Wildman–Crippen MR) is 67.4 cm³/mol. The SMILES string of the molecule is CSc1cc(C(=O)NCCCC(=O)O)ccc1F. The zero-order chi connectivity index (χ0) is 13.5. The van der Waals surface area contributed by atoms with Crippen molar-refractivity contribution in [2.24, 2.45) is 0 Å². The average molecular weight is 271 g/mol. The summed E-state index contributed by atoms with van der Waals surface area (Å²) in [5.41, 5.74) is 0.371. The smallest absolute Gasteiger partial charge is 0.303 e. The molecule has 1 aromatic rings. The monoisotopic (exact) mass is 271 g/mol. The Morgan fingerprint density at radius 3 is 2.78 bits per heavy atom. The number of carboxylic acid groups (broad SMARTS) is 1. The van der Waals surface area contributed by atoms with E-state index in [4.69, 9.17) is 5.11 Å². The minimum atomic E-state index is -0.893. The Morgan fingerprint density at radius 1 is 1.44 bits per heavy atom. The molecule has 0 saturated heterocycles. The van der Waals surface area contributed by atoms with Crippen molar-refractivity contribution in [3.05, 3.63) is 29.6 Å². The van der Waals surface area contributed by atoms with Gasteiger partial charge in [0, 0.05) is 23.4 Å². The lowest BCUT2D eigenvalue weighted by molar-refractivity contribution is -0.137. The summed E-state index contributed by atoms with van der Waals surface area (Å²) >= 11 is 1.23. The van der Waals surface area contributed by atoms with Gasteiger partial charge < -0.3 is 10.4 Å². The molecule has 0 atom stereocenters. The third-order valence-electron chi connectivity index (χ3n) is 2.27. The van der Waals surface area contributed by atoms with Gasteiger partial charge in [-0.25, -0.2) is 4.39 Å². The number of carbonyl (C=O) groups excluding carboxylic acids is 1. The van der Waals surface area contributed by atoms with E-state index in [1.807, 2.05) is 0 Å². The first-order chi connectivity index (χ1) is 8.54. The van der Waals surface area contributed by atoms with Gasteiger partial charge in [0.15, 0.2) is 0 Å². The van der Waals surface area contributed by atoms with Crippen LogP contribution in [0.25, 0.3) is 0 Å². The Bertz CT molecular complexity index is 451. The van der Waals surface area contributed by atoms with Crippen molar-refractivity contribution in [3.8, 4) is 0 Å². The molecule has 1 amide bonds. The molecular weight excluding hydrogens is 257 g/mol. The van der Waals surface area contributed by atoms with E-state index in [2.05, 4.69) is 5.32 Å². The van der Waals surface area contributed by atoms with Crippen LogP contribution in [0, 0.1) is 5.82 Å². The summed E-state index contributed by atoms with van der Waals surface area (Å²) in [6, 6.07) is 4.13. The Balaban J connectivity index is 2.53. The fraction of sp³-hybridized carbons (Fsp3) is 0.333. The molecule has 2 N–H and O–H groups in total. The Labute approximate surface area is 109 Å². The van der Waals surface area contributed by atoms with Gasteiger partial charge >= 0.3 is 5.97 Å². The number of hydrogen-bond acceptors (Lipinski definition) is 3. The summed E-state index contributed by atoms with van der Waals surface area (Å²) in [5, 5.41) is 11.0. The van der Waals surface area contributed by atoms with E-state index < -0.39 is 5.97 Å². The van der Waals surface area contributed by atoms with Gasteiger partial charge in [0.05, 0.1) is 0 Å². The molecule has 0 saturated carbocycles. The summed E-state index contributed by atoms with van der Waals surface area (Å²) in [6.07, 6.45) is 2.12. The van der Waals surface area contributed by atoms with E-state index in [9.17, 15) is 14.0 Å². The molecule has 0 radical (unpaired) electrons. The zero-order valence-electron chi connectivity index (χ0n) is 9.90. The van der Waals surface area contributed by atoms with E-state index in [0.717, 1.165) is 0 Å². The van der Waals surface area contributed by atoms with Crippen molar-refractivity contribution in [3.63, 3.8) is 0 Å². The quantitative estimate of drug-likeness (QED) is 0.614. The minimum Gasteiger partial charge on any atom is -0.481 e. The average Bonchev–Trinajstić information content (AvgIpc) is 2.34. The van der Waals surface area contributed by atoms with Gasteiger partial charge in [-0.3, -0.25) is 9.59 Å². The lowest BCUT2D eigenvalue weighted by atomic mass is 10.2. The number of aliphatic carboxylic acids is 1. The second kappa shape index (κ2) is 7.00. The molecule has 0 fully saturated rings. The highest BCUT2D eigenvalue weighted by Crippen LogP contribution is 2.20. The molecule has 6 heteroatoms. The number of carboxylic acids is 1. The molecule has 0 aliphatic heterocycles. The standard InChI is InChI=1S/C12H14FNO3S/c1-18-10-7-8(4-5-9(10)13)12(17)14-6-2-3-11(15)16/h4-5,7H,2-3,6H2,1H3,(H,14,17)(H,15,16). The molecule has 0 aliphatic rings. The van der Waals surface area contributed by atoms with Crippen LogP contribution < -0.4 is 5.32 Å². The van der Waals surface area contributed by atoms with Crippen LogP contribution in [0.4, 0.5) is 4.39 Å². The molecule has 0 aromatic heterocycles. The van der Waals surface area contributed by atoms with Crippen LogP contribution in [0.3, 0.4) is 0 Å². The topological polar surface area (TPSA) is 66.4 Å². The highest BCUT2D eigenvalue weighted by molar-refractivity contribution is 7.98. The third-order valence-corrected chi connectivity index (χ3v) is 3.02. The second-order valence-electron chi connectivity index (χ2n) is 3.60. The van der Waals surface area contributed by atoms with Gasteiger partial charge in [0.2, 0.25) is 0 Å². The van der Waals surface area contributed by atoms with E-state index in [-0.39, 0.29) is 24.7 Å². The van der Waals surface area contributed by atoms with Gasteiger partial charge in [0.1, 0.15) is 5.82 Å². The second-order valence-corrected chi connectivity index (χ2v) is 4.45. The normalized spacial score (nSPS) is 10.1. The highest BCUT2D eigenvalue weighted by Gasteiger charge is 2.09. The van der Waals surface area contributed by atoms with Crippen LogP contribution in [-0.4, -0.2) is 29.8 Å². The van der Waals surface area contributed by atoms with E-state index in [1.165, 1.54) is 30.0 Å². The van der Waals surface area contributed by atoms with Crippen molar-refractivity contribution in [1.82, 2.24) is 5.32 Å². The molecule has 0 aliphatic carbocycles. The molecule has 98 valence electrons. The number of halogens is 1. The molecule has 0 bridgehead atoms. The number of rotatable bonds is 6. The summed E-state index contributed by atoms with van der Waals surface area (Å²) in [5.74, 6) is -1.57. The molecule has 0 unspecified atom stereocenters. The number of nitrogens with one attached hydrogen (secondary N) is 1. The Kier molecular flexibility index (Phi) is 5.64. The molecule has 0 spiro atoms. The number of carbonyl (C=O) groups is 2. The number of thioether (sulfide) groups is 1. The van der Waals surface area contributed by atoms with Crippen LogP contribution in [0.5, 0.6) is 0 Å². The fourth-order valence-electron chi connectivity index (χ4n) is 1.34. The lowest BCUT2D eigenvalue weighted by Gasteiger charge is -2.06. The Hall–Kier alpha value is -1.56. The van der Waals surface area contributed by atoms with Crippen LogP contribution in [0.15, 0.2) is 23.1 Å². The van der Waals surface area contributed by atoms with Crippen LogP contribution in [0.2, 0.25) is 0 Å². The first kappa shape index (κ1) is 14.5. The summed E-state index contributed by atoms with van der Waals surface area (Å²) in [6.45, 7) is 0.289. The molecular formula is C12H14FNO3S.